The standard InChI is InChI=1S/C16H20BrN3O/c17-13-6-3-4-11(8-13)9-15-19-16(21-20-15)14-7-2-1-5-12(14)10-18/h3-4,6,8,12,14H,1-2,5,7,9-10,18H2. The van der Waals surface area contributed by atoms with Gasteiger partial charge in [0.1, 0.15) is 0 Å². The molecule has 0 radical (unpaired) electrons. The highest BCUT2D eigenvalue weighted by Crippen LogP contribution is 2.36. The van der Waals surface area contributed by atoms with Gasteiger partial charge in [-0.1, -0.05) is 46.1 Å². The summed E-state index contributed by atoms with van der Waals surface area (Å²) in [6.45, 7) is 0.702. The molecule has 1 aromatic carbocycles. The van der Waals surface area contributed by atoms with Crippen LogP contribution in [0.15, 0.2) is 33.3 Å². The van der Waals surface area contributed by atoms with Gasteiger partial charge in [0.15, 0.2) is 5.82 Å². The summed E-state index contributed by atoms with van der Waals surface area (Å²) in [4.78, 5) is 4.61. The Kier molecular flexibility index (Phi) is 4.70. The molecule has 1 fully saturated rings. The van der Waals surface area contributed by atoms with Gasteiger partial charge in [0.25, 0.3) is 0 Å². The molecule has 1 aromatic heterocycles. The number of halogens is 1. The summed E-state index contributed by atoms with van der Waals surface area (Å²) in [5.41, 5.74) is 7.06. The molecule has 1 heterocycles. The van der Waals surface area contributed by atoms with E-state index < -0.39 is 0 Å². The molecule has 0 amide bonds. The summed E-state index contributed by atoms with van der Waals surface area (Å²) >= 11 is 3.48. The van der Waals surface area contributed by atoms with Crippen molar-refractivity contribution in [2.45, 2.75) is 38.0 Å². The van der Waals surface area contributed by atoms with Gasteiger partial charge in [-0.15, -0.1) is 0 Å². The Morgan fingerprint density at radius 3 is 2.95 bits per heavy atom. The third-order valence-electron chi connectivity index (χ3n) is 4.26. The highest BCUT2D eigenvalue weighted by atomic mass is 79.9. The van der Waals surface area contributed by atoms with Crippen LogP contribution < -0.4 is 5.73 Å². The second kappa shape index (κ2) is 6.71. The summed E-state index contributed by atoms with van der Waals surface area (Å²) in [7, 11) is 0. The highest BCUT2D eigenvalue weighted by molar-refractivity contribution is 9.10. The van der Waals surface area contributed by atoms with Gasteiger partial charge >= 0.3 is 0 Å². The third-order valence-corrected chi connectivity index (χ3v) is 4.76. The van der Waals surface area contributed by atoms with Gasteiger partial charge in [-0.25, -0.2) is 0 Å². The number of nitrogens with two attached hydrogens (primary N) is 1. The number of nitrogens with zero attached hydrogens (tertiary/aromatic N) is 2. The predicted octanol–water partition coefficient (Wildman–Crippen LogP) is 3.66. The van der Waals surface area contributed by atoms with Crippen molar-refractivity contribution in [3.8, 4) is 0 Å². The van der Waals surface area contributed by atoms with E-state index in [4.69, 9.17) is 10.3 Å². The number of hydrogen-bond donors (Lipinski definition) is 1. The molecule has 0 aliphatic heterocycles. The average molecular weight is 350 g/mol. The molecule has 3 rings (SSSR count). The molecule has 2 unspecified atom stereocenters. The molecule has 1 aliphatic carbocycles. The summed E-state index contributed by atoms with van der Waals surface area (Å²) < 4.78 is 6.58. The second-order valence-corrected chi connectivity index (χ2v) is 6.66. The fourth-order valence-electron chi connectivity index (χ4n) is 3.13. The maximum Gasteiger partial charge on any atom is 0.230 e. The lowest BCUT2D eigenvalue weighted by Gasteiger charge is -2.27. The van der Waals surface area contributed by atoms with E-state index in [9.17, 15) is 0 Å². The monoisotopic (exact) mass is 349 g/mol. The average Bonchev–Trinajstić information content (AvgIpc) is 2.95. The molecule has 21 heavy (non-hydrogen) atoms. The van der Waals surface area contributed by atoms with Crippen LogP contribution in [-0.2, 0) is 6.42 Å². The van der Waals surface area contributed by atoms with Crippen molar-refractivity contribution < 1.29 is 4.52 Å². The van der Waals surface area contributed by atoms with Gasteiger partial charge < -0.3 is 10.3 Å². The van der Waals surface area contributed by atoms with Crippen LogP contribution in [-0.4, -0.2) is 16.7 Å². The Hall–Kier alpha value is -1.20. The molecule has 1 aliphatic rings. The maximum absolute atomic E-state index is 5.88. The number of hydrogen-bond acceptors (Lipinski definition) is 4. The van der Waals surface area contributed by atoms with Crippen LogP contribution in [0.5, 0.6) is 0 Å². The first-order valence-electron chi connectivity index (χ1n) is 7.53. The van der Waals surface area contributed by atoms with Crippen LogP contribution in [0.4, 0.5) is 0 Å². The lowest BCUT2D eigenvalue weighted by molar-refractivity contribution is 0.249. The van der Waals surface area contributed by atoms with Crippen LogP contribution in [0.1, 0.15) is 48.9 Å². The Morgan fingerprint density at radius 2 is 2.14 bits per heavy atom. The Balaban J connectivity index is 1.73. The van der Waals surface area contributed by atoms with E-state index >= 15 is 0 Å². The van der Waals surface area contributed by atoms with E-state index in [0.29, 0.717) is 24.8 Å². The topological polar surface area (TPSA) is 64.9 Å². The molecular formula is C16H20BrN3O. The zero-order valence-electron chi connectivity index (χ0n) is 12.0. The van der Waals surface area contributed by atoms with E-state index in [1.165, 1.54) is 24.8 Å². The summed E-state index contributed by atoms with van der Waals surface area (Å²) in [6.07, 6.45) is 5.47. The van der Waals surface area contributed by atoms with Crippen molar-refractivity contribution in [3.63, 3.8) is 0 Å². The molecule has 2 aromatic rings. The van der Waals surface area contributed by atoms with E-state index in [0.717, 1.165) is 22.6 Å². The Bertz CT molecular complexity index is 599. The molecule has 4 nitrogen and oxygen atoms in total. The van der Waals surface area contributed by atoms with E-state index in [-0.39, 0.29) is 0 Å². The van der Waals surface area contributed by atoms with Gasteiger partial charge in [0.2, 0.25) is 5.89 Å². The second-order valence-electron chi connectivity index (χ2n) is 5.74. The molecule has 1 saturated carbocycles. The van der Waals surface area contributed by atoms with Crippen molar-refractivity contribution in [2.75, 3.05) is 6.54 Å². The highest BCUT2D eigenvalue weighted by Gasteiger charge is 2.29. The molecule has 2 N–H and O–H groups in total. The largest absolute Gasteiger partial charge is 0.339 e. The number of benzene rings is 1. The molecule has 5 heteroatoms. The minimum atomic E-state index is 0.340. The van der Waals surface area contributed by atoms with Crippen LogP contribution in [0.3, 0.4) is 0 Å². The summed E-state index contributed by atoms with van der Waals surface area (Å²) in [6, 6.07) is 8.19. The lowest BCUT2D eigenvalue weighted by atomic mass is 9.79. The number of rotatable bonds is 4. The zero-order valence-corrected chi connectivity index (χ0v) is 13.6. The van der Waals surface area contributed by atoms with Crippen LogP contribution in [0, 0.1) is 5.92 Å². The van der Waals surface area contributed by atoms with Crippen molar-refractivity contribution in [1.82, 2.24) is 10.1 Å². The van der Waals surface area contributed by atoms with Gasteiger partial charge in [0, 0.05) is 16.8 Å². The van der Waals surface area contributed by atoms with Crippen LogP contribution >= 0.6 is 15.9 Å². The molecule has 2 atom stereocenters. The molecule has 0 spiro atoms. The normalized spacial score (nSPS) is 22.4. The van der Waals surface area contributed by atoms with Crippen molar-refractivity contribution in [2.24, 2.45) is 11.7 Å². The molecule has 0 saturated heterocycles. The summed E-state index contributed by atoms with van der Waals surface area (Å²) in [5.74, 6) is 2.35. The van der Waals surface area contributed by atoms with Crippen molar-refractivity contribution in [3.05, 3.63) is 46.0 Å². The first kappa shape index (κ1) is 14.7. The zero-order chi connectivity index (χ0) is 14.7. The number of aromatic nitrogens is 2. The summed E-state index contributed by atoms with van der Waals surface area (Å²) in [5, 5.41) is 4.14. The minimum absolute atomic E-state index is 0.340. The van der Waals surface area contributed by atoms with Gasteiger partial charge in [-0.3, -0.25) is 0 Å². The maximum atomic E-state index is 5.88. The minimum Gasteiger partial charge on any atom is -0.339 e. The van der Waals surface area contributed by atoms with Gasteiger partial charge in [0.05, 0.1) is 0 Å². The molecule has 0 bridgehead atoms. The van der Waals surface area contributed by atoms with Gasteiger partial charge in [-0.05, 0) is 43.0 Å². The quantitative estimate of drug-likeness (QED) is 0.914. The first-order valence-corrected chi connectivity index (χ1v) is 8.32. The Labute approximate surface area is 133 Å². The SMILES string of the molecule is NCC1CCCCC1c1nc(Cc2cccc(Br)c2)no1. The smallest absolute Gasteiger partial charge is 0.230 e. The van der Waals surface area contributed by atoms with Crippen LogP contribution in [0.2, 0.25) is 0 Å². The predicted molar refractivity (Wildman–Crippen MR) is 85.0 cm³/mol. The fourth-order valence-corrected chi connectivity index (χ4v) is 3.58. The third kappa shape index (κ3) is 3.52. The first-order chi connectivity index (χ1) is 10.3. The molecule has 112 valence electrons. The lowest BCUT2D eigenvalue weighted by Crippen LogP contribution is -2.25. The van der Waals surface area contributed by atoms with Crippen molar-refractivity contribution in [1.29, 1.82) is 0 Å². The van der Waals surface area contributed by atoms with E-state index in [1.54, 1.807) is 0 Å². The fraction of sp³-hybridized carbons (Fsp3) is 0.500. The van der Waals surface area contributed by atoms with E-state index in [1.807, 2.05) is 12.1 Å². The Morgan fingerprint density at radius 1 is 1.29 bits per heavy atom. The van der Waals surface area contributed by atoms with E-state index in [2.05, 4.69) is 38.2 Å². The van der Waals surface area contributed by atoms with Gasteiger partial charge in [-0.2, -0.15) is 4.98 Å². The molecular weight excluding hydrogens is 330 g/mol. The van der Waals surface area contributed by atoms with Crippen LogP contribution in [0.25, 0.3) is 0 Å². The van der Waals surface area contributed by atoms with Crippen molar-refractivity contribution >= 4 is 15.9 Å².